The predicted molar refractivity (Wildman–Crippen MR) is 97.1 cm³/mol. The van der Waals surface area contributed by atoms with Crippen LogP contribution in [0.25, 0.3) is 11.0 Å². The maximum absolute atomic E-state index is 6.00. The quantitative estimate of drug-likeness (QED) is 0.704. The van der Waals surface area contributed by atoms with Gasteiger partial charge in [-0.1, -0.05) is 18.2 Å². The average molecular weight is 335 g/mol. The van der Waals surface area contributed by atoms with Crippen LogP contribution in [0.3, 0.4) is 0 Å². The first-order valence-corrected chi connectivity index (χ1v) is 8.61. The Morgan fingerprint density at radius 3 is 2.60 bits per heavy atom. The van der Waals surface area contributed by atoms with Crippen molar-refractivity contribution in [3.8, 4) is 17.4 Å². The molecule has 0 radical (unpaired) electrons. The number of fused-ring (bicyclic) bond motifs is 1. The van der Waals surface area contributed by atoms with Crippen LogP contribution in [0.15, 0.2) is 48.7 Å². The third kappa shape index (κ3) is 3.56. The van der Waals surface area contributed by atoms with Crippen molar-refractivity contribution in [3.63, 3.8) is 0 Å². The molecule has 0 bridgehead atoms. The maximum atomic E-state index is 6.00. The summed E-state index contributed by atoms with van der Waals surface area (Å²) < 4.78 is 11.4. The van der Waals surface area contributed by atoms with E-state index in [2.05, 4.69) is 20.9 Å². The summed E-state index contributed by atoms with van der Waals surface area (Å²) in [5.41, 5.74) is 2.88. The molecule has 0 aliphatic carbocycles. The molecule has 5 nitrogen and oxygen atoms in total. The molecular weight excluding hydrogens is 314 g/mol. The third-order valence-corrected chi connectivity index (χ3v) is 4.47. The number of hydrogen-bond donors (Lipinski definition) is 0. The van der Waals surface area contributed by atoms with Gasteiger partial charge in [0.1, 0.15) is 0 Å². The largest absolute Gasteiger partial charge is 0.493 e. The van der Waals surface area contributed by atoms with Crippen LogP contribution in [0.4, 0.5) is 0 Å². The summed E-state index contributed by atoms with van der Waals surface area (Å²) in [5.74, 6) is 1.83. The molecule has 3 aromatic rings. The Morgan fingerprint density at radius 2 is 1.80 bits per heavy atom. The number of hydrogen-bond acceptors (Lipinski definition) is 5. The zero-order valence-corrected chi connectivity index (χ0v) is 14.3. The van der Waals surface area contributed by atoms with Gasteiger partial charge in [-0.05, 0) is 55.8 Å². The molecule has 4 rings (SSSR count). The van der Waals surface area contributed by atoms with Gasteiger partial charge in [-0.25, -0.2) is 9.97 Å². The van der Waals surface area contributed by atoms with Crippen LogP contribution >= 0.6 is 0 Å². The molecule has 1 saturated heterocycles. The molecule has 2 heterocycles. The summed E-state index contributed by atoms with van der Waals surface area (Å²) in [7, 11) is 1.65. The van der Waals surface area contributed by atoms with Gasteiger partial charge in [0.25, 0.3) is 0 Å². The van der Waals surface area contributed by atoms with Gasteiger partial charge in [-0.3, -0.25) is 4.90 Å². The van der Waals surface area contributed by atoms with E-state index in [1.54, 1.807) is 13.3 Å². The Labute approximate surface area is 147 Å². The monoisotopic (exact) mass is 335 g/mol. The summed E-state index contributed by atoms with van der Waals surface area (Å²) in [4.78, 5) is 11.4. The number of ether oxygens (including phenoxy) is 2. The van der Waals surface area contributed by atoms with Crippen LogP contribution in [0.2, 0.25) is 0 Å². The molecule has 25 heavy (non-hydrogen) atoms. The second-order valence-electron chi connectivity index (χ2n) is 6.27. The number of benzene rings is 2. The Morgan fingerprint density at radius 1 is 1.00 bits per heavy atom. The highest BCUT2D eigenvalue weighted by Gasteiger charge is 2.14. The molecule has 1 aliphatic rings. The van der Waals surface area contributed by atoms with E-state index in [9.17, 15) is 0 Å². The lowest BCUT2D eigenvalue weighted by Gasteiger charge is -2.16. The highest BCUT2D eigenvalue weighted by Crippen LogP contribution is 2.32. The van der Waals surface area contributed by atoms with Gasteiger partial charge in [0, 0.05) is 6.54 Å². The number of para-hydroxylation sites is 2. The van der Waals surface area contributed by atoms with Gasteiger partial charge in [0.05, 0.1) is 24.3 Å². The second kappa shape index (κ2) is 7.07. The fourth-order valence-electron chi connectivity index (χ4n) is 3.20. The number of rotatable bonds is 5. The molecule has 0 amide bonds. The highest BCUT2D eigenvalue weighted by molar-refractivity contribution is 5.74. The maximum Gasteiger partial charge on any atom is 0.238 e. The normalized spacial score (nSPS) is 14.8. The number of aromatic nitrogens is 2. The fraction of sp³-hybridized carbons (Fsp3) is 0.300. The number of likely N-dealkylation sites (tertiary alicyclic amines) is 1. The molecule has 1 aliphatic heterocycles. The molecule has 5 heteroatoms. The highest BCUT2D eigenvalue weighted by atomic mass is 16.5. The first-order chi connectivity index (χ1) is 12.3. The van der Waals surface area contributed by atoms with Gasteiger partial charge >= 0.3 is 0 Å². The molecule has 1 fully saturated rings. The van der Waals surface area contributed by atoms with Crippen LogP contribution in [0.1, 0.15) is 18.4 Å². The Bertz CT molecular complexity index is 876. The second-order valence-corrected chi connectivity index (χ2v) is 6.27. The molecule has 0 spiro atoms. The Kier molecular flexibility index (Phi) is 4.48. The fourth-order valence-corrected chi connectivity index (χ4v) is 3.20. The average Bonchev–Trinajstić information content (AvgIpc) is 3.15. The lowest BCUT2D eigenvalue weighted by atomic mass is 10.2. The van der Waals surface area contributed by atoms with Crippen LogP contribution in [0, 0.1) is 0 Å². The first-order valence-electron chi connectivity index (χ1n) is 8.61. The minimum absolute atomic E-state index is 0.468. The van der Waals surface area contributed by atoms with Crippen molar-refractivity contribution in [2.75, 3.05) is 20.2 Å². The lowest BCUT2D eigenvalue weighted by Crippen LogP contribution is -2.18. The van der Waals surface area contributed by atoms with Gasteiger partial charge < -0.3 is 9.47 Å². The topological polar surface area (TPSA) is 47.5 Å². The van der Waals surface area contributed by atoms with Crippen LogP contribution in [-0.4, -0.2) is 35.1 Å². The predicted octanol–water partition coefficient (Wildman–Crippen LogP) is 4.03. The van der Waals surface area contributed by atoms with E-state index in [-0.39, 0.29) is 0 Å². The molecule has 0 atom stereocenters. The molecule has 2 aromatic carbocycles. The van der Waals surface area contributed by atoms with Gasteiger partial charge in [0.15, 0.2) is 11.5 Å². The van der Waals surface area contributed by atoms with Gasteiger partial charge in [-0.15, -0.1) is 0 Å². The van der Waals surface area contributed by atoms with Crippen molar-refractivity contribution in [2.45, 2.75) is 19.4 Å². The molecule has 0 unspecified atom stereocenters. The lowest BCUT2D eigenvalue weighted by molar-refractivity contribution is 0.329. The number of nitrogens with zero attached hydrogens (tertiary/aromatic N) is 3. The molecule has 1 aromatic heterocycles. The summed E-state index contributed by atoms with van der Waals surface area (Å²) in [6.45, 7) is 3.26. The summed E-state index contributed by atoms with van der Waals surface area (Å²) in [5, 5.41) is 0. The Hall–Kier alpha value is -2.66. The van der Waals surface area contributed by atoms with Crippen LogP contribution < -0.4 is 9.47 Å². The van der Waals surface area contributed by atoms with E-state index >= 15 is 0 Å². The minimum atomic E-state index is 0.468. The third-order valence-electron chi connectivity index (χ3n) is 4.47. The van der Waals surface area contributed by atoms with Crippen molar-refractivity contribution in [2.24, 2.45) is 0 Å². The Balaban J connectivity index is 1.60. The number of methoxy groups -OCH3 is 1. The van der Waals surface area contributed by atoms with E-state index < -0.39 is 0 Å². The first kappa shape index (κ1) is 15.8. The van der Waals surface area contributed by atoms with Crippen molar-refractivity contribution in [1.82, 2.24) is 14.9 Å². The van der Waals surface area contributed by atoms with E-state index in [0.717, 1.165) is 17.6 Å². The van der Waals surface area contributed by atoms with Crippen LogP contribution in [-0.2, 0) is 6.54 Å². The van der Waals surface area contributed by atoms with E-state index in [0.29, 0.717) is 17.4 Å². The zero-order valence-electron chi connectivity index (χ0n) is 14.3. The van der Waals surface area contributed by atoms with E-state index in [4.69, 9.17) is 9.47 Å². The standard InChI is InChI=1S/C20H21N3O2/c1-24-18-9-8-15(14-23-10-4-5-11-23)12-19(18)25-20-13-21-16-6-2-3-7-17(16)22-20/h2-3,6-9,12-13H,4-5,10-11,14H2,1H3. The summed E-state index contributed by atoms with van der Waals surface area (Å²) >= 11 is 0. The van der Waals surface area contributed by atoms with Crippen molar-refractivity contribution in [3.05, 3.63) is 54.2 Å². The van der Waals surface area contributed by atoms with E-state index in [1.807, 2.05) is 36.4 Å². The minimum Gasteiger partial charge on any atom is -0.493 e. The smallest absolute Gasteiger partial charge is 0.238 e. The van der Waals surface area contributed by atoms with E-state index in [1.165, 1.54) is 31.5 Å². The zero-order chi connectivity index (χ0) is 17.1. The molecular formula is C20H21N3O2. The summed E-state index contributed by atoms with van der Waals surface area (Å²) in [6.07, 6.45) is 4.22. The molecule has 0 N–H and O–H groups in total. The molecule has 128 valence electrons. The van der Waals surface area contributed by atoms with Crippen molar-refractivity contribution in [1.29, 1.82) is 0 Å². The molecule has 0 saturated carbocycles. The van der Waals surface area contributed by atoms with Crippen molar-refractivity contribution >= 4 is 11.0 Å². The summed E-state index contributed by atoms with van der Waals surface area (Å²) in [6, 6.07) is 13.8. The van der Waals surface area contributed by atoms with Crippen LogP contribution in [0.5, 0.6) is 17.4 Å². The van der Waals surface area contributed by atoms with Crippen molar-refractivity contribution < 1.29 is 9.47 Å². The van der Waals surface area contributed by atoms with Gasteiger partial charge in [-0.2, -0.15) is 0 Å². The van der Waals surface area contributed by atoms with Gasteiger partial charge in [0.2, 0.25) is 5.88 Å². The SMILES string of the molecule is COc1ccc(CN2CCCC2)cc1Oc1cnc2ccccc2n1.